The van der Waals surface area contributed by atoms with Crippen LogP contribution in [0.25, 0.3) is 10.8 Å². The van der Waals surface area contributed by atoms with Crippen molar-refractivity contribution in [3.8, 4) is 5.75 Å². The maximum atomic E-state index is 12.7. The molecule has 0 aromatic heterocycles. The largest absolute Gasteiger partial charge is 0.497 e. The predicted molar refractivity (Wildman–Crippen MR) is 87.4 cm³/mol. The second-order valence-corrected chi connectivity index (χ2v) is 7.22. The molecule has 0 saturated heterocycles. The highest BCUT2D eigenvalue weighted by molar-refractivity contribution is 7.91. The van der Waals surface area contributed by atoms with Crippen molar-refractivity contribution in [1.82, 2.24) is 0 Å². The van der Waals surface area contributed by atoms with Gasteiger partial charge >= 0.3 is 0 Å². The Kier molecular flexibility index (Phi) is 3.81. The van der Waals surface area contributed by atoms with Crippen molar-refractivity contribution in [2.75, 3.05) is 7.11 Å². The molecule has 5 heteroatoms. The molecule has 0 aliphatic heterocycles. The summed E-state index contributed by atoms with van der Waals surface area (Å²) in [5.41, 5.74) is 0. The highest BCUT2D eigenvalue weighted by atomic mass is 35.5. The van der Waals surface area contributed by atoms with Crippen LogP contribution in [0.4, 0.5) is 0 Å². The Labute approximate surface area is 134 Å². The normalized spacial score (nSPS) is 11.5. The van der Waals surface area contributed by atoms with Crippen molar-refractivity contribution < 1.29 is 13.2 Å². The minimum atomic E-state index is -3.55. The summed E-state index contributed by atoms with van der Waals surface area (Å²) in [6, 6.07) is 16.7. The van der Waals surface area contributed by atoms with Crippen LogP contribution in [-0.4, -0.2) is 15.5 Å². The average molecular weight is 333 g/mol. The molecule has 3 nitrogen and oxygen atoms in total. The van der Waals surface area contributed by atoms with Gasteiger partial charge in [-0.15, -0.1) is 0 Å². The Morgan fingerprint density at radius 2 is 1.41 bits per heavy atom. The fraction of sp³-hybridized carbons (Fsp3) is 0.0588. The van der Waals surface area contributed by atoms with E-state index in [0.29, 0.717) is 10.8 Å². The van der Waals surface area contributed by atoms with Crippen LogP contribution >= 0.6 is 11.6 Å². The van der Waals surface area contributed by atoms with Crippen molar-refractivity contribution >= 4 is 32.2 Å². The second-order valence-electron chi connectivity index (χ2n) is 4.83. The summed E-state index contributed by atoms with van der Waals surface area (Å²) in [5.74, 6) is 0.618. The van der Waals surface area contributed by atoms with E-state index in [2.05, 4.69) is 0 Å². The van der Waals surface area contributed by atoms with Crippen LogP contribution in [0.3, 0.4) is 0 Å². The summed E-state index contributed by atoms with van der Waals surface area (Å²) in [6.07, 6.45) is 0. The molecule has 0 radical (unpaired) electrons. The van der Waals surface area contributed by atoms with Crippen molar-refractivity contribution in [2.24, 2.45) is 0 Å². The monoisotopic (exact) mass is 332 g/mol. The smallest absolute Gasteiger partial charge is 0.206 e. The van der Waals surface area contributed by atoms with Crippen LogP contribution in [0.5, 0.6) is 5.75 Å². The fourth-order valence-corrected chi connectivity index (χ4v) is 3.73. The van der Waals surface area contributed by atoms with Gasteiger partial charge in [0.25, 0.3) is 0 Å². The Morgan fingerprint density at radius 3 is 2.09 bits per heavy atom. The highest BCUT2D eigenvalue weighted by Crippen LogP contribution is 2.27. The van der Waals surface area contributed by atoms with Crippen molar-refractivity contribution in [3.05, 3.63) is 65.7 Å². The van der Waals surface area contributed by atoms with E-state index in [0.717, 1.165) is 10.8 Å². The van der Waals surface area contributed by atoms with Gasteiger partial charge in [0.15, 0.2) is 0 Å². The zero-order valence-corrected chi connectivity index (χ0v) is 13.4. The first kappa shape index (κ1) is 14.9. The third-order valence-electron chi connectivity index (χ3n) is 3.45. The maximum Gasteiger partial charge on any atom is 0.206 e. The van der Waals surface area contributed by atoms with E-state index in [1.807, 2.05) is 6.07 Å². The summed E-state index contributed by atoms with van der Waals surface area (Å²) < 4.78 is 30.4. The minimum absolute atomic E-state index is 0.238. The first-order chi connectivity index (χ1) is 10.5. The maximum absolute atomic E-state index is 12.7. The first-order valence-corrected chi connectivity index (χ1v) is 8.45. The van der Waals surface area contributed by atoms with E-state index < -0.39 is 9.84 Å². The summed E-state index contributed by atoms with van der Waals surface area (Å²) in [5, 5.41) is 2.36. The highest BCUT2D eigenvalue weighted by Gasteiger charge is 2.18. The number of ether oxygens (including phenoxy) is 1. The summed E-state index contributed by atoms with van der Waals surface area (Å²) in [7, 11) is -2.01. The van der Waals surface area contributed by atoms with Gasteiger partial charge in [0.2, 0.25) is 9.84 Å². The molecule has 22 heavy (non-hydrogen) atoms. The molecule has 0 heterocycles. The van der Waals surface area contributed by atoms with E-state index in [4.69, 9.17) is 16.3 Å². The Hall–Kier alpha value is -2.04. The van der Waals surface area contributed by atoms with Gasteiger partial charge in [-0.1, -0.05) is 23.7 Å². The molecule has 0 aliphatic carbocycles. The number of sulfone groups is 1. The summed E-state index contributed by atoms with van der Waals surface area (Å²) in [4.78, 5) is 0.495. The molecule has 3 aromatic rings. The van der Waals surface area contributed by atoms with Gasteiger partial charge in [-0.05, 0) is 59.3 Å². The van der Waals surface area contributed by atoms with Gasteiger partial charge in [-0.25, -0.2) is 8.42 Å². The van der Waals surface area contributed by atoms with E-state index in [9.17, 15) is 8.42 Å². The minimum Gasteiger partial charge on any atom is -0.497 e. The van der Waals surface area contributed by atoms with Crippen molar-refractivity contribution in [2.45, 2.75) is 9.79 Å². The molecule has 0 aliphatic rings. The van der Waals surface area contributed by atoms with Crippen LogP contribution < -0.4 is 4.74 Å². The molecule has 0 spiro atoms. The summed E-state index contributed by atoms with van der Waals surface area (Å²) >= 11 is 5.94. The van der Waals surface area contributed by atoms with E-state index in [1.165, 1.54) is 7.11 Å². The number of fused-ring (bicyclic) bond motifs is 1. The molecular weight excluding hydrogens is 320 g/mol. The van der Waals surface area contributed by atoms with E-state index >= 15 is 0 Å². The third kappa shape index (κ3) is 2.67. The average Bonchev–Trinajstić information content (AvgIpc) is 2.54. The van der Waals surface area contributed by atoms with E-state index in [-0.39, 0.29) is 9.79 Å². The lowest BCUT2D eigenvalue weighted by Gasteiger charge is -2.07. The Bertz CT molecular complexity index is 932. The van der Waals surface area contributed by atoms with Gasteiger partial charge in [0, 0.05) is 5.02 Å². The molecule has 0 fully saturated rings. The van der Waals surface area contributed by atoms with Crippen LogP contribution in [0.2, 0.25) is 5.02 Å². The molecule has 0 atom stereocenters. The fourth-order valence-electron chi connectivity index (χ4n) is 2.25. The molecule has 0 bridgehead atoms. The van der Waals surface area contributed by atoms with Crippen LogP contribution in [-0.2, 0) is 9.84 Å². The van der Waals surface area contributed by atoms with Gasteiger partial charge in [0.1, 0.15) is 5.75 Å². The zero-order chi connectivity index (χ0) is 15.7. The molecule has 0 amide bonds. The molecule has 3 aromatic carbocycles. The van der Waals surface area contributed by atoms with Gasteiger partial charge in [0.05, 0.1) is 16.9 Å². The van der Waals surface area contributed by atoms with Crippen molar-refractivity contribution in [1.29, 1.82) is 0 Å². The number of methoxy groups -OCH3 is 1. The SMILES string of the molecule is COc1ccc(S(=O)(=O)c2ccc3cc(Cl)ccc3c2)cc1. The molecule has 3 rings (SSSR count). The standard InChI is InChI=1S/C17H13ClO3S/c1-21-15-5-8-16(9-6-15)22(19,20)17-7-3-12-10-14(18)4-2-13(12)11-17/h2-11H,1H3. The van der Waals surface area contributed by atoms with Gasteiger partial charge in [-0.2, -0.15) is 0 Å². The topological polar surface area (TPSA) is 43.4 Å². The first-order valence-electron chi connectivity index (χ1n) is 6.59. The summed E-state index contributed by atoms with van der Waals surface area (Å²) in [6.45, 7) is 0. The number of rotatable bonds is 3. The molecular formula is C17H13ClO3S. The molecule has 0 unspecified atom stereocenters. The quantitative estimate of drug-likeness (QED) is 0.716. The van der Waals surface area contributed by atoms with Gasteiger partial charge in [-0.3, -0.25) is 0 Å². The lowest BCUT2D eigenvalue weighted by Crippen LogP contribution is -2.01. The van der Waals surface area contributed by atoms with Crippen LogP contribution in [0.15, 0.2) is 70.5 Å². The number of hydrogen-bond acceptors (Lipinski definition) is 3. The lowest BCUT2D eigenvalue weighted by atomic mass is 10.1. The number of benzene rings is 3. The third-order valence-corrected chi connectivity index (χ3v) is 5.46. The molecule has 0 N–H and O–H groups in total. The lowest BCUT2D eigenvalue weighted by molar-refractivity contribution is 0.414. The van der Waals surface area contributed by atoms with Crippen LogP contribution in [0, 0.1) is 0 Å². The Morgan fingerprint density at radius 1 is 0.818 bits per heavy atom. The van der Waals surface area contributed by atoms with Crippen molar-refractivity contribution in [3.63, 3.8) is 0 Å². The predicted octanol–water partition coefficient (Wildman–Crippen LogP) is 4.33. The Balaban J connectivity index is 2.09. The number of halogens is 1. The van der Waals surface area contributed by atoms with Crippen LogP contribution in [0.1, 0.15) is 0 Å². The van der Waals surface area contributed by atoms with E-state index in [1.54, 1.807) is 54.6 Å². The van der Waals surface area contributed by atoms with Gasteiger partial charge < -0.3 is 4.74 Å². The zero-order valence-electron chi connectivity index (χ0n) is 11.8. The number of hydrogen-bond donors (Lipinski definition) is 0. The molecule has 0 saturated carbocycles. The molecule has 112 valence electrons. The second kappa shape index (κ2) is 5.63.